The molecule has 0 bridgehead atoms. The van der Waals surface area contributed by atoms with Crippen molar-refractivity contribution in [3.63, 3.8) is 0 Å². The Balaban J connectivity index is 0.00000161. The highest BCUT2D eigenvalue weighted by Gasteiger charge is 2.38. The first-order chi connectivity index (χ1) is 17.6. The molecule has 1 heterocycles. The van der Waals surface area contributed by atoms with E-state index in [1.807, 2.05) is 4.90 Å². The van der Waals surface area contributed by atoms with Gasteiger partial charge in [-0.1, -0.05) is 57.4 Å². The van der Waals surface area contributed by atoms with Gasteiger partial charge in [-0.25, -0.2) is 9.59 Å². The van der Waals surface area contributed by atoms with Crippen molar-refractivity contribution in [3.8, 4) is 0 Å². The second kappa shape index (κ2) is 21.1. The average Bonchev–Trinajstić information content (AvgIpc) is 2.84. The van der Waals surface area contributed by atoms with Crippen LogP contribution in [0.5, 0.6) is 0 Å². The lowest BCUT2D eigenvalue weighted by Gasteiger charge is -2.23. The molecule has 1 fully saturated rings. The highest BCUT2D eigenvalue weighted by molar-refractivity contribution is 5.94. The third kappa shape index (κ3) is 20.9. The van der Waals surface area contributed by atoms with Crippen LogP contribution in [0.15, 0.2) is 17.6 Å². The summed E-state index contributed by atoms with van der Waals surface area (Å²) < 4.78 is 31.7. The second-order valence-electron chi connectivity index (χ2n) is 8.70. The molecule has 2 amide bonds. The highest BCUT2D eigenvalue weighted by atomic mass is 19.4. The molecule has 0 aliphatic carbocycles. The first-order valence-corrected chi connectivity index (χ1v) is 12.9. The SMILES string of the molecule is C=CCNC(N)=NCCCCCCCCN1CCCCCCCCNC(=N)NC1=O.O=C(O)C(F)(F)F. The van der Waals surface area contributed by atoms with Crippen LogP contribution in [0.4, 0.5) is 18.0 Å². The van der Waals surface area contributed by atoms with Crippen molar-refractivity contribution in [2.24, 2.45) is 10.7 Å². The fourth-order valence-corrected chi connectivity index (χ4v) is 3.45. The summed E-state index contributed by atoms with van der Waals surface area (Å²) in [6.45, 7) is 7.31. The Morgan fingerprint density at radius 1 is 1.11 bits per heavy atom. The summed E-state index contributed by atoms with van der Waals surface area (Å²) in [4.78, 5) is 27.5. The van der Waals surface area contributed by atoms with Gasteiger partial charge in [0.2, 0.25) is 0 Å². The van der Waals surface area contributed by atoms with Crippen molar-refractivity contribution < 1.29 is 27.9 Å². The summed E-state index contributed by atoms with van der Waals surface area (Å²) in [5.74, 6) is -2.15. The fraction of sp³-hybridized carbons (Fsp3) is 0.750. The molecule has 1 aliphatic heterocycles. The van der Waals surface area contributed by atoms with Crippen LogP contribution in [0, 0.1) is 5.41 Å². The fourth-order valence-electron chi connectivity index (χ4n) is 3.45. The van der Waals surface area contributed by atoms with Gasteiger partial charge in [-0.05, 0) is 25.7 Å². The van der Waals surface area contributed by atoms with Crippen molar-refractivity contribution in [2.75, 3.05) is 32.7 Å². The van der Waals surface area contributed by atoms with E-state index in [1.54, 1.807) is 6.08 Å². The smallest absolute Gasteiger partial charge is 0.475 e. The van der Waals surface area contributed by atoms with E-state index in [0.717, 1.165) is 64.7 Å². The van der Waals surface area contributed by atoms with Crippen LogP contribution in [0.1, 0.15) is 77.0 Å². The lowest BCUT2D eigenvalue weighted by molar-refractivity contribution is -0.192. The number of carbonyl (C=O) groups excluding carboxylic acids is 1. The maximum absolute atomic E-state index is 12.5. The van der Waals surface area contributed by atoms with Crippen LogP contribution < -0.4 is 21.7 Å². The number of nitrogens with one attached hydrogen (secondary N) is 4. The molecule has 0 aromatic heterocycles. The minimum atomic E-state index is -5.08. The number of urea groups is 1. The molecule has 0 aromatic rings. The quantitative estimate of drug-likeness (QED) is 0.102. The van der Waals surface area contributed by atoms with Crippen LogP contribution in [-0.4, -0.2) is 72.8 Å². The number of halogens is 3. The number of hydrogen-bond donors (Lipinski definition) is 6. The highest BCUT2D eigenvalue weighted by Crippen LogP contribution is 2.13. The molecule has 0 unspecified atom stereocenters. The largest absolute Gasteiger partial charge is 0.490 e. The van der Waals surface area contributed by atoms with Gasteiger partial charge in [0.25, 0.3) is 0 Å². The zero-order valence-electron chi connectivity index (χ0n) is 21.7. The standard InChI is InChI=1S/C22H43N7O.C2HF3O2/c1-2-15-25-20(23)26-16-11-7-3-5-9-13-18-29-19-14-10-6-4-8-12-17-27-21(24)28-22(29)30;3-2(4,5)1(6)7/h2H,1,3-19H2,(H3,23,25,26)(H3,24,27,28,30);(H,6,7). The second-order valence-corrected chi connectivity index (χ2v) is 8.70. The number of guanidine groups is 2. The van der Waals surface area contributed by atoms with E-state index in [-0.39, 0.29) is 12.0 Å². The van der Waals surface area contributed by atoms with E-state index in [9.17, 15) is 18.0 Å². The van der Waals surface area contributed by atoms with E-state index in [1.165, 1.54) is 38.5 Å². The molecule has 1 saturated heterocycles. The van der Waals surface area contributed by atoms with E-state index >= 15 is 0 Å². The first kappa shape index (κ1) is 34.0. The number of nitrogens with two attached hydrogens (primary N) is 1. The number of carboxylic acid groups (broad SMARTS) is 1. The van der Waals surface area contributed by atoms with E-state index in [2.05, 4.69) is 27.5 Å². The number of hydrogen-bond acceptors (Lipinski definition) is 4. The van der Waals surface area contributed by atoms with Gasteiger partial charge in [0.15, 0.2) is 11.9 Å². The zero-order valence-corrected chi connectivity index (χ0v) is 21.7. The number of alkyl halides is 3. The van der Waals surface area contributed by atoms with Crippen LogP contribution >= 0.6 is 0 Å². The minimum absolute atomic E-state index is 0.118. The molecule has 0 spiro atoms. The Hall–Kier alpha value is -2.99. The van der Waals surface area contributed by atoms with Crippen molar-refractivity contribution >= 4 is 23.9 Å². The van der Waals surface area contributed by atoms with E-state index in [0.29, 0.717) is 12.5 Å². The predicted molar refractivity (Wildman–Crippen MR) is 140 cm³/mol. The molecule has 1 aliphatic rings. The Kier molecular flexibility index (Phi) is 19.4. The Bertz CT molecular complexity index is 704. The summed E-state index contributed by atoms with van der Waals surface area (Å²) in [5.41, 5.74) is 5.73. The van der Waals surface area contributed by atoms with Gasteiger partial charge in [0, 0.05) is 32.7 Å². The molecule has 0 saturated carbocycles. The number of unbranched alkanes of at least 4 members (excludes halogenated alkanes) is 5. The van der Waals surface area contributed by atoms with Gasteiger partial charge in [0.1, 0.15) is 0 Å². The maximum atomic E-state index is 12.5. The van der Waals surface area contributed by atoms with Crippen molar-refractivity contribution in [3.05, 3.63) is 12.7 Å². The van der Waals surface area contributed by atoms with Crippen LogP contribution in [-0.2, 0) is 4.79 Å². The summed E-state index contributed by atoms with van der Waals surface area (Å²) >= 11 is 0. The molecule has 0 radical (unpaired) electrons. The van der Waals surface area contributed by atoms with Gasteiger partial charge >= 0.3 is 18.2 Å². The monoisotopic (exact) mass is 535 g/mol. The summed E-state index contributed by atoms with van der Waals surface area (Å²) in [6.07, 6.45) is 10.2. The molecule has 37 heavy (non-hydrogen) atoms. The molecule has 1 rings (SSSR count). The van der Waals surface area contributed by atoms with E-state index < -0.39 is 12.1 Å². The molecule has 7 N–H and O–H groups in total. The van der Waals surface area contributed by atoms with Crippen LogP contribution in [0.25, 0.3) is 0 Å². The summed E-state index contributed by atoms with van der Waals surface area (Å²) in [5, 5.41) is 23.7. The van der Waals surface area contributed by atoms with Gasteiger partial charge in [0.05, 0.1) is 0 Å². The predicted octanol–water partition coefficient (Wildman–Crippen LogP) is 3.94. The van der Waals surface area contributed by atoms with Gasteiger partial charge in [-0.15, -0.1) is 6.58 Å². The topological polar surface area (TPSA) is 156 Å². The number of aliphatic carboxylic acids is 1. The summed E-state index contributed by atoms with van der Waals surface area (Å²) in [7, 11) is 0. The molecule has 0 atom stereocenters. The van der Waals surface area contributed by atoms with Gasteiger partial charge in [-0.3, -0.25) is 15.7 Å². The number of amides is 2. The normalized spacial score (nSPS) is 16.1. The number of nitrogens with zero attached hydrogens (tertiary/aromatic N) is 2. The number of rotatable bonds is 11. The zero-order chi connectivity index (χ0) is 27.9. The molecule has 0 aromatic carbocycles. The third-order valence-electron chi connectivity index (χ3n) is 5.46. The number of carboxylic acids is 1. The number of carbonyl (C=O) groups is 2. The third-order valence-corrected chi connectivity index (χ3v) is 5.46. The van der Waals surface area contributed by atoms with Gasteiger partial charge < -0.3 is 26.4 Å². The van der Waals surface area contributed by atoms with Crippen molar-refractivity contribution in [1.82, 2.24) is 20.9 Å². The van der Waals surface area contributed by atoms with Crippen LogP contribution in [0.2, 0.25) is 0 Å². The Morgan fingerprint density at radius 3 is 2.30 bits per heavy atom. The molecule has 214 valence electrons. The maximum Gasteiger partial charge on any atom is 0.490 e. The number of aliphatic imine (C=N–C) groups is 1. The lowest BCUT2D eigenvalue weighted by atomic mass is 10.1. The molecular weight excluding hydrogens is 491 g/mol. The van der Waals surface area contributed by atoms with E-state index in [4.69, 9.17) is 21.0 Å². The average molecular weight is 536 g/mol. The van der Waals surface area contributed by atoms with Crippen LogP contribution in [0.3, 0.4) is 0 Å². The summed E-state index contributed by atoms with van der Waals surface area (Å²) in [6, 6.07) is -0.146. The Morgan fingerprint density at radius 2 is 1.68 bits per heavy atom. The molecular formula is C24H44F3N7O3. The molecule has 13 heteroatoms. The Labute approximate surface area is 217 Å². The minimum Gasteiger partial charge on any atom is -0.475 e. The molecule has 10 nitrogen and oxygen atoms in total. The lowest BCUT2D eigenvalue weighted by Crippen LogP contribution is -2.48. The van der Waals surface area contributed by atoms with Gasteiger partial charge in [-0.2, -0.15) is 13.2 Å². The van der Waals surface area contributed by atoms with Crippen molar-refractivity contribution in [1.29, 1.82) is 5.41 Å². The first-order valence-electron chi connectivity index (χ1n) is 12.9. The van der Waals surface area contributed by atoms with Crippen molar-refractivity contribution in [2.45, 2.75) is 83.2 Å².